The second-order valence-corrected chi connectivity index (χ2v) is 4.52. The summed E-state index contributed by atoms with van der Waals surface area (Å²) >= 11 is 0. The third-order valence-corrected chi connectivity index (χ3v) is 2.93. The molecule has 0 aliphatic carbocycles. The van der Waals surface area contributed by atoms with Crippen molar-refractivity contribution < 1.29 is 19.8 Å². The van der Waals surface area contributed by atoms with E-state index < -0.39 is 11.9 Å². The van der Waals surface area contributed by atoms with Crippen molar-refractivity contribution in [1.29, 1.82) is 0 Å². The van der Waals surface area contributed by atoms with Crippen molar-refractivity contribution >= 4 is 11.9 Å². The molecule has 0 saturated heterocycles. The molecule has 0 saturated carbocycles. The third-order valence-electron chi connectivity index (χ3n) is 2.93. The van der Waals surface area contributed by atoms with Crippen molar-refractivity contribution in [3.05, 3.63) is 59.7 Å². The molecule has 0 spiro atoms. The van der Waals surface area contributed by atoms with E-state index in [1.54, 1.807) is 24.3 Å². The van der Waals surface area contributed by atoms with E-state index in [2.05, 4.69) is 13.2 Å². The summed E-state index contributed by atoms with van der Waals surface area (Å²) < 4.78 is 0. The molecule has 4 nitrogen and oxygen atoms in total. The number of allylic oxidation sites excluding steroid dienone is 2. The number of carbonyl (C=O) groups is 2. The summed E-state index contributed by atoms with van der Waals surface area (Å²) in [5.74, 6) is -1.95. The summed E-state index contributed by atoms with van der Waals surface area (Å²) in [5.41, 5.74) is 3.02. The lowest BCUT2D eigenvalue weighted by Crippen LogP contribution is -2.10. The van der Waals surface area contributed by atoms with Crippen LogP contribution < -0.4 is 0 Å². The van der Waals surface area contributed by atoms with E-state index in [0.29, 0.717) is 24.0 Å². The van der Waals surface area contributed by atoms with Crippen LogP contribution in [0, 0.1) is 0 Å². The van der Waals surface area contributed by atoms with Crippen LogP contribution in [0.2, 0.25) is 0 Å². The van der Waals surface area contributed by atoms with Crippen LogP contribution in [0.25, 0.3) is 0 Å². The second kappa shape index (κ2) is 7.28. The Hall–Kier alpha value is -2.36. The van der Waals surface area contributed by atoms with Gasteiger partial charge in [0.15, 0.2) is 0 Å². The standard InChI is InChI=1S/C16H18O4/c1-3-5-11-7-13(9-15(17)18)14(10-16(19)20)8-12(11)6-4-2/h3-4,7-8H,1-2,5-6,9-10H2,(H,17,18)(H,19,20). The van der Waals surface area contributed by atoms with Crippen LogP contribution in [0.15, 0.2) is 37.4 Å². The van der Waals surface area contributed by atoms with Gasteiger partial charge in [-0.3, -0.25) is 9.59 Å². The fourth-order valence-corrected chi connectivity index (χ4v) is 2.14. The zero-order chi connectivity index (χ0) is 15.1. The van der Waals surface area contributed by atoms with E-state index in [9.17, 15) is 9.59 Å². The van der Waals surface area contributed by atoms with E-state index in [1.165, 1.54) is 0 Å². The zero-order valence-electron chi connectivity index (χ0n) is 11.3. The summed E-state index contributed by atoms with van der Waals surface area (Å²) in [6.45, 7) is 7.36. The summed E-state index contributed by atoms with van der Waals surface area (Å²) in [6.07, 6.45) is 4.35. The zero-order valence-corrected chi connectivity index (χ0v) is 11.3. The normalized spacial score (nSPS) is 10.0. The topological polar surface area (TPSA) is 74.6 Å². The van der Waals surface area contributed by atoms with Gasteiger partial charge in [0, 0.05) is 0 Å². The molecule has 0 aromatic heterocycles. The maximum Gasteiger partial charge on any atom is 0.307 e. The SMILES string of the molecule is C=CCc1cc(CC(=O)O)c(CC(=O)O)cc1CC=C. The largest absolute Gasteiger partial charge is 0.481 e. The summed E-state index contributed by atoms with van der Waals surface area (Å²) in [7, 11) is 0. The van der Waals surface area contributed by atoms with Crippen LogP contribution in [0.3, 0.4) is 0 Å². The Balaban J connectivity index is 3.32. The van der Waals surface area contributed by atoms with Gasteiger partial charge in [0.1, 0.15) is 0 Å². The Kier molecular flexibility index (Phi) is 5.72. The maximum absolute atomic E-state index is 10.9. The average molecular weight is 274 g/mol. The lowest BCUT2D eigenvalue weighted by molar-refractivity contribution is -0.137. The Bertz CT molecular complexity index is 495. The number of hydrogen-bond donors (Lipinski definition) is 2. The van der Waals surface area contributed by atoms with Crippen molar-refractivity contribution in [2.24, 2.45) is 0 Å². The minimum absolute atomic E-state index is 0.179. The monoisotopic (exact) mass is 274 g/mol. The quantitative estimate of drug-likeness (QED) is 0.714. The van der Waals surface area contributed by atoms with Crippen molar-refractivity contribution in [2.75, 3.05) is 0 Å². The molecule has 0 heterocycles. The van der Waals surface area contributed by atoms with E-state index >= 15 is 0 Å². The second-order valence-electron chi connectivity index (χ2n) is 4.52. The van der Waals surface area contributed by atoms with Crippen LogP contribution in [0.1, 0.15) is 22.3 Å². The lowest BCUT2D eigenvalue weighted by atomic mass is 9.92. The first-order chi connectivity index (χ1) is 9.47. The molecule has 2 N–H and O–H groups in total. The molecule has 0 atom stereocenters. The van der Waals surface area contributed by atoms with Crippen molar-refractivity contribution in [3.63, 3.8) is 0 Å². The molecular weight excluding hydrogens is 256 g/mol. The molecule has 1 rings (SSSR count). The van der Waals surface area contributed by atoms with Gasteiger partial charge in [-0.1, -0.05) is 24.3 Å². The number of aliphatic carboxylic acids is 2. The van der Waals surface area contributed by atoms with Gasteiger partial charge in [-0.25, -0.2) is 0 Å². The van der Waals surface area contributed by atoms with Crippen LogP contribution in [0.4, 0.5) is 0 Å². The minimum atomic E-state index is -0.974. The van der Waals surface area contributed by atoms with Gasteiger partial charge in [0.05, 0.1) is 12.8 Å². The van der Waals surface area contributed by atoms with Crippen LogP contribution in [-0.2, 0) is 35.3 Å². The predicted octanol–water partition coefficient (Wildman–Crippen LogP) is 2.40. The smallest absolute Gasteiger partial charge is 0.307 e. The van der Waals surface area contributed by atoms with Crippen molar-refractivity contribution in [2.45, 2.75) is 25.7 Å². The maximum atomic E-state index is 10.9. The highest BCUT2D eigenvalue weighted by atomic mass is 16.4. The first-order valence-corrected chi connectivity index (χ1v) is 6.26. The molecule has 0 unspecified atom stereocenters. The van der Waals surface area contributed by atoms with E-state index in [1.807, 2.05) is 0 Å². The fourth-order valence-electron chi connectivity index (χ4n) is 2.14. The average Bonchev–Trinajstić information content (AvgIpc) is 2.33. The molecular formula is C16H18O4. The molecule has 0 aliphatic rings. The highest BCUT2D eigenvalue weighted by Gasteiger charge is 2.13. The highest BCUT2D eigenvalue weighted by molar-refractivity contribution is 5.74. The number of carboxylic acid groups (broad SMARTS) is 2. The first-order valence-electron chi connectivity index (χ1n) is 6.26. The number of hydrogen-bond acceptors (Lipinski definition) is 2. The first kappa shape index (κ1) is 15.7. The molecule has 0 radical (unpaired) electrons. The molecule has 106 valence electrons. The molecule has 0 amide bonds. The third kappa shape index (κ3) is 4.39. The summed E-state index contributed by atoms with van der Waals surface area (Å²) in [4.78, 5) is 21.8. The molecule has 0 bridgehead atoms. The number of benzene rings is 1. The Morgan fingerprint density at radius 3 is 1.45 bits per heavy atom. The van der Waals surface area contributed by atoms with E-state index in [-0.39, 0.29) is 12.8 Å². The van der Waals surface area contributed by atoms with Crippen LogP contribution in [-0.4, -0.2) is 22.2 Å². The van der Waals surface area contributed by atoms with Gasteiger partial charge in [0.25, 0.3) is 0 Å². The summed E-state index contributed by atoms with van der Waals surface area (Å²) in [5, 5.41) is 17.9. The minimum Gasteiger partial charge on any atom is -0.481 e. The molecule has 0 aliphatic heterocycles. The van der Waals surface area contributed by atoms with Gasteiger partial charge < -0.3 is 10.2 Å². The summed E-state index contributed by atoms with van der Waals surface area (Å²) in [6, 6.07) is 3.54. The Morgan fingerprint density at radius 2 is 1.20 bits per heavy atom. The fraction of sp³-hybridized carbons (Fsp3) is 0.250. The van der Waals surface area contributed by atoms with Crippen LogP contribution in [0.5, 0.6) is 0 Å². The Morgan fingerprint density at radius 1 is 0.850 bits per heavy atom. The van der Waals surface area contributed by atoms with Gasteiger partial charge in [-0.2, -0.15) is 0 Å². The molecule has 0 fully saturated rings. The lowest BCUT2D eigenvalue weighted by Gasteiger charge is -2.13. The van der Waals surface area contributed by atoms with Gasteiger partial charge >= 0.3 is 11.9 Å². The van der Waals surface area contributed by atoms with Gasteiger partial charge in [-0.15, -0.1) is 13.2 Å². The van der Waals surface area contributed by atoms with Gasteiger partial charge in [0.2, 0.25) is 0 Å². The van der Waals surface area contributed by atoms with E-state index in [0.717, 1.165) is 11.1 Å². The van der Waals surface area contributed by atoms with Gasteiger partial charge in [-0.05, 0) is 35.1 Å². The van der Waals surface area contributed by atoms with Crippen molar-refractivity contribution in [1.82, 2.24) is 0 Å². The van der Waals surface area contributed by atoms with E-state index in [4.69, 9.17) is 10.2 Å². The van der Waals surface area contributed by atoms with Crippen molar-refractivity contribution in [3.8, 4) is 0 Å². The molecule has 1 aromatic rings. The van der Waals surface area contributed by atoms with Crippen LogP contribution >= 0.6 is 0 Å². The number of carboxylic acids is 2. The molecule has 4 heteroatoms. The number of rotatable bonds is 8. The highest BCUT2D eigenvalue weighted by Crippen LogP contribution is 2.21. The molecule has 1 aromatic carbocycles. The molecule has 20 heavy (non-hydrogen) atoms. The predicted molar refractivity (Wildman–Crippen MR) is 76.9 cm³/mol. The Labute approximate surface area is 118 Å².